The lowest BCUT2D eigenvalue weighted by Gasteiger charge is -2.33. The fourth-order valence-electron chi connectivity index (χ4n) is 5.58. The largest absolute Gasteiger partial charge is 0.491 e. The molecule has 1 unspecified atom stereocenters. The lowest BCUT2D eigenvalue weighted by Crippen LogP contribution is -2.44. The van der Waals surface area contributed by atoms with Crippen LogP contribution in [0.1, 0.15) is 55.1 Å². The number of piperidine rings is 1. The second-order valence-electron chi connectivity index (χ2n) is 11.9. The van der Waals surface area contributed by atoms with Crippen molar-refractivity contribution in [3.05, 3.63) is 59.2 Å². The molecule has 216 valence electrons. The summed E-state index contributed by atoms with van der Waals surface area (Å²) >= 11 is 0. The van der Waals surface area contributed by atoms with E-state index in [0.717, 1.165) is 19.5 Å². The van der Waals surface area contributed by atoms with Crippen LogP contribution in [0.5, 0.6) is 11.5 Å². The zero-order valence-corrected chi connectivity index (χ0v) is 23.8. The smallest absolute Gasteiger partial charge is 0.410 e. The molecule has 0 saturated carbocycles. The standard InChI is InChI=1S/C31H41N3O6/c1-31(2,3)40-30(37)33-14-11-25(12-15-33)39-26-8-9-27-28(18-26)38-17-16-34(29(27)36)21-24(35)20-32-13-10-22-6-4-5-7-23(22)19-32/h4-9,18,24-25,35H,10-17,19-21H2,1-3H3. The van der Waals surface area contributed by atoms with Crippen molar-refractivity contribution in [3.63, 3.8) is 0 Å². The third-order valence-electron chi connectivity index (χ3n) is 7.60. The number of hydrogen-bond acceptors (Lipinski definition) is 7. The monoisotopic (exact) mass is 551 g/mol. The number of carbonyl (C=O) groups excluding carboxylic acids is 2. The Labute approximate surface area is 236 Å². The number of ether oxygens (including phenoxy) is 3. The van der Waals surface area contributed by atoms with Crippen LogP contribution >= 0.6 is 0 Å². The molecule has 0 aliphatic carbocycles. The molecule has 9 heteroatoms. The van der Waals surface area contributed by atoms with Gasteiger partial charge < -0.3 is 29.1 Å². The molecule has 9 nitrogen and oxygen atoms in total. The number of β-amino-alcohol motifs (C(OH)–C–C–N with tert-alkyl or cyclic N) is 1. The highest BCUT2D eigenvalue weighted by Gasteiger charge is 2.30. The van der Waals surface area contributed by atoms with Crippen LogP contribution in [0, 0.1) is 0 Å². The molecule has 3 aliphatic rings. The van der Waals surface area contributed by atoms with E-state index in [4.69, 9.17) is 14.2 Å². The van der Waals surface area contributed by atoms with Gasteiger partial charge in [0, 0.05) is 58.2 Å². The van der Waals surface area contributed by atoms with E-state index < -0.39 is 11.7 Å². The number of rotatable bonds is 6. The molecule has 1 saturated heterocycles. The van der Waals surface area contributed by atoms with Gasteiger partial charge in [-0.2, -0.15) is 0 Å². The lowest BCUT2D eigenvalue weighted by atomic mass is 10.00. The SMILES string of the molecule is CC(C)(C)OC(=O)N1CCC(Oc2ccc3c(c2)OCCN(CC(O)CN2CCc4ccccc4C2)C3=O)CC1. The summed E-state index contributed by atoms with van der Waals surface area (Å²) in [6.07, 6.45) is 1.39. The van der Waals surface area contributed by atoms with Crippen LogP contribution in [0.3, 0.4) is 0 Å². The fourth-order valence-corrected chi connectivity index (χ4v) is 5.58. The van der Waals surface area contributed by atoms with Crippen molar-refractivity contribution in [3.8, 4) is 11.5 Å². The second-order valence-corrected chi connectivity index (χ2v) is 11.9. The van der Waals surface area contributed by atoms with E-state index in [-0.39, 0.29) is 24.6 Å². The van der Waals surface area contributed by atoms with Crippen molar-refractivity contribution < 1.29 is 28.9 Å². The first-order valence-electron chi connectivity index (χ1n) is 14.3. The molecule has 2 aromatic rings. The zero-order valence-electron chi connectivity index (χ0n) is 23.8. The fraction of sp³-hybridized carbons (Fsp3) is 0.548. The molecule has 0 radical (unpaired) electrons. The van der Waals surface area contributed by atoms with Gasteiger partial charge in [-0.05, 0) is 50.5 Å². The summed E-state index contributed by atoms with van der Waals surface area (Å²) in [5.41, 5.74) is 2.64. The first kappa shape index (κ1) is 28.2. The Morgan fingerprint density at radius 3 is 2.55 bits per heavy atom. The number of amides is 2. The highest BCUT2D eigenvalue weighted by molar-refractivity contribution is 5.97. The minimum atomic E-state index is -0.648. The third kappa shape index (κ3) is 7.06. The van der Waals surface area contributed by atoms with E-state index in [9.17, 15) is 14.7 Å². The van der Waals surface area contributed by atoms with Crippen LogP contribution in [0.4, 0.5) is 4.79 Å². The molecule has 1 N–H and O–H groups in total. The average molecular weight is 552 g/mol. The first-order chi connectivity index (χ1) is 19.1. The van der Waals surface area contributed by atoms with Crippen LogP contribution in [-0.4, -0.2) is 95.5 Å². The van der Waals surface area contributed by atoms with E-state index >= 15 is 0 Å². The van der Waals surface area contributed by atoms with Crippen LogP contribution in [-0.2, 0) is 17.7 Å². The van der Waals surface area contributed by atoms with E-state index in [1.165, 1.54) is 11.1 Å². The second kappa shape index (κ2) is 12.1. The van der Waals surface area contributed by atoms with Crippen molar-refractivity contribution >= 4 is 12.0 Å². The maximum Gasteiger partial charge on any atom is 0.410 e. The minimum absolute atomic E-state index is 0.0355. The number of fused-ring (bicyclic) bond motifs is 2. The van der Waals surface area contributed by atoms with Gasteiger partial charge in [0.25, 0.3) is 5.91 Å². The number of hydrogen-bond donors (Lipinski definition) is 1. The van der Waals surface area contributed by atoms with Gasteiger partial charge in [-0.25, -0.2) is 4.79 Å². The van der Waals surface area contributed by atoms with E-state index in [2.05, 4.69) is 29.2 Å². The van der Waals surface area contributed by atoms with Gasteiger partial charge in [-0.3, -0.25) is 9.69 Å². The molecular formula is C31H41N3O6. The average Bonchev–Trinajstić information content (AvgIpc) is 3.06. The lowest BCUT2D eigenvalue weighted by molar-refractivity contribution is 0.0126. The van der Waals surface area contributed by atoms with Crippen LogP contribution < -0.4 is 9.47 Å². The molecule has 40 heavy (non-hydrogen) atoms. The number of nitrogens with zero attached hydrogens (tertiary/aromatic N) is 3. The molecule has 5 rings (SSSR count). The quantitative estimate of drug-likeness (QED) is 0.585. The maximum absolute atomic E-state index is 13.4. The Balaban J connectivity index is 1.13. The van der Waals surface area contributed by atoms with E-state index in [1.807, 2.05) is 20.8 Å². The van der Waals surface area contributed by atoms with Gasteiger partial charge in [0.1, 0.15) is 29.8 Å². The van der Waals surface area contributed by atoms with Crippen molar-refractivity contribution in [1.82, 2.24) is 14.7 Å². The van der Waals surface area contributed by atoms with Gasteiger partial charge in [0.15, 0.2) is 0 Å². The zero-order chi connectivity index (χ0) is 28.3. The summed E-state index contributed by atoms with van der Waals surface area (Å²) in [6.45, 7) is 9.98. The van der Waals surface area contributed by atoms with Crippen molar-refractivity contribution in [2.24, 2.45) is 0 Å². The first-order valence-corrected chi connectivity index (χ1v) is 14.3. The van der Waals surface area contributed by atoms with Gasteiger partial charge >= 0.3 is 6.09 Å². The highest BCUT2D eigenvalue weighted by atomic mass is 16.6. The molecule has 3 aliphatic heterocycles. The normalized spacial score (nSPS) is 19.2. The Hall–Kier alpha value is -3.30. The predicted octanol–water partition coefficient (Wildman–Crippen LogP) is 3.72. The summed E-state index contributed by atoms with van der Waals surface area (Å²) in [5.74, 6) is 0.993. The van der Waals surface area contributed by atoms with Crippen molar-refractivity contribution in [2.45, 2.75) is 64.4 Å². The van der Waals surface area contributed by atoms with Crippen LogP contribution in [0.15, 0.2) is 42.5 Å². The van der Waals surface area contributed by atoms with Crippen molar-refractivity contribution in [1.29, 1.82) is 0 Å². The number of carbonyl (C=O) groups is 2. The number of aliphatic hydroxyl groups excluding tert-OH is 1. The van der Waals surface area contributed by atoms with E-state index in [0.29, 0.717) is 62.7 Å². The summed E-state index contributed by atoms with van der Waals surface area (Å²) in [6, 6.07) is 13.8. The Bertz CT molecular complexity index is 1200. The topological polar surface area (TPSA) is 91.8 Å². The van der Waals surface area contributed by atoms with Gasteiger partial charge in [-0.1, -0.05) is 24.3 Å². The maximum atomic E-state index is 13.4. The molecule has 2 aromatic carbocycles. The predicted molar refractivity (Wildman–Crippen MR) is 151 cm³/mol. The third-order valence-corrected chi connectivity index (χ3v) is 7.60. The molecule has 3 heterocycles. The number of benzene rings is 2. The molecule has 2 amide bonds. The summed E-state index contributed by atoms with van der Waals surface area (Å²) < 4.78 is 17.6. The van der Waals surface area contributed by atoms with Crippen molar-refractivity contribution in [2.75, 3.05) is 45.9 Å². The molecule has 0 bridgehead atoms. The molecule has 1 atom stereocenters. The van der Waals surface area contributed by atoms with Crippen LogP contribution in [0.25, 0.3) is 0 Å². The minimum Gasteiger partial charge on any atom is -0.491 e. The van der Waals surface area contributed by atoms with Gasteiger partial charge in [-0.15, -0.1) is 0 Å². The van der Waals surface area contributed by atoms with Crippen LogP contribution in [0.2, 0.25) is 0 Å². The molecule has 0 aromatic heterocycles. The van der Waals surface area contributed by atoms with E-state index in [1.54, 1.807) is 28.0 Å². The Kier molecular flexibility index (Phi) is 8.51. The summed E-state index contributed by atoms with van der Waals surface area (Å²) in [5, 5.41) is 10.9. The Morgan fingerprint density at radius 1 is 1.05 bits per heavy atom. The summed E-state index contributed by atoms with van der Waals surface area (Å²) in [4.78, 5) is 31.3. The number of likely N-dealkylation sites (tertiary alicyclic amines) is 1. The number of aliphatic hydroxyl groups is 1. The van der Waals surface area contributed by atoms with Gasteiger partial charge in [0.2, 0.25) is 0 Å². The molecule has 0 spiro atoms. The highest BCUT2D eigenvalue weighted by Crippen LogP contribution is 2.30. The molecular weight excluding hydrogens is 510 g/mol. The Morgan fingerprint density at radius 2 is 1.80 bits per heavy atom. The summed E-state index contributed by atoms with van der Waals surface area (Å²) in [7, 11) is 0. The van der Waals surface area contributed by atoms with Gasteiger partial charge in [0.05, 0.1) is 18.2 Å². The molecule has 1 fully saturated rings.